The Kier molecular flexibility index (Phi) is 6.05. The van der Waals surface area contributed by atoms with E-state index in [-0.39, 0.29) is 11.9 Å². The number of nitrogens with one attached hydrogen (secondary N) is 1. The van der Waals surface area contributed by atoms with Gasteiger partial charge in [0, 0.05) is 19.9 Å². The first-order valence-corrected chi connectivity index (χ1v) is 9.42. The molecule has 2 aromatic carbocycles. The van der Waals surface area contributed by atoms with Crippen LogP contribution in [0.1, 0.15) is 50.5 Å². The van der Waals surface area contributed by atoms with E-state index >= 15 is 0 Å². The highest BCUT2D eigenvalue weighted by Gasteiger charge is 2.16. The lowest BCUT2D eigenvalue weighted by Crippen LogP contribution is -2.20. The summed E-state index contributed by atoms with van der Waals surface area (Å²) in [4.78, 5) is 15.8. The van der Waals surface area contributed by atoms with Crippen molar-refractivity contribution in [3.8, 4) is 0 Å². The minimum absolute atomic E-state index is 0.0449. The van der Waals surface area contributed by atoms with E-state index in [0.717, 1.165) is 43.6 Å². The second-order valence-corrected chi connectivity index (χ2v) is 6.77. The maximum atomic E-state index is 10.9. The van der Waals surface area contributed by atoms with Gasteiger partial charge in [0.1, 0.15) is 5.82 Å². The third kappa shape index (κ3) is 4.31. The smallest absolute Gasteiger partial charge is 0.216 e. The summed E-state index contributed by atoms with van der Waals surface area (Å²) in [5.41, 5.74) is 3.54. The zero-order valence-corrected chi connectivity index (χ0v) is 15.6. The van der Waals surface area contributed by atoms with Gasteiger partial charge in [0.25, 0.3) is 0 Å². The van der Waals surface area contributed by atoms with E-state index in [2.05, 4.69) is 65.3 Å². The summed E-state index contributed by atoms with van der Waals surface area (Å²) in [5, 5.41) is 2.86. The SMILES string of the molecule is CC(=O)NCCCCCc1nc2ccccc2n1[C@@H](C)c1ccccc1. The average Bonchev–Trinajstić information content (AvgIpc) is 3.02. The molecule has 0 spiro atoms. The van der Waals surface area contributed by atoms with Gasteiger partial charge in [0.15, 0.2) is 0 Å². The van der Waals surface area contributed by atoms with Crippen LogP contribution >= 0.6 is 0 Å². The molecule has 0 aliphatic heterocycles. The second-order valence-electron chi connectivity index (χ2n) is 6.77. The first kappa shape index (κ1) is 18.2. The van der Waals surface area contributed by atoms with Crippen LogP contribution in [0, 0.1) is 0 Å². The van der Waals surface area contributed by atoms with Crippen LogP contribution in [0.25, 0.3) is 11.0 Å². The molecule has 1 atom stereocenters. The molecule has 0 fully saturated rings. The highest BCUT2D eigenvalue weighted by molar-refractivity contribution is 5.76. The Morgan fingerprint density at radius 2 is 1.77 bits per heavy atom. The molecule has 26 heavy (non-hydrogen) atoms. The molecule has 0 unspecified atom stereocenters. The van der Waals surface area contributed by atoms with Crippen molar-refractivity contribution in [3.63, 3.8) is 0 Å². The van der Waals surface area contributed by atoms with Gasteiger partial charge in [-0.15, -0.1) is 0 Å². The van der Waals surface area contributed by atoms with Gasteiger partial charge in [0.2, 0.25) is 5.91 Å². The van der Waals surface area contributed by atoms with E-state index in [1.807, 2.05) is 6.07 Å². The number of nitrogens with zero attached hydrogens (tertiary/aromatic N) is 2. The van der Waals surface area contributed by atoms with Crippen molar-refractivity contribution < 1.29 is 4.79 Å². The summed E-state index contributed by atoms with van der Waals surface area (Å²) >= 11 is 0. The third-order valence-electron chi connectivity index (χ3n) is 4.79. The lowest BCUT2D eigenvalue weighted by molar-refractivity contribution is -0.118. The van der Waals surface area contributed by atoms with E-state index in [9.17, 15) is 4.79 Å². The fraction of sp³-hybridized carbons (Fsp3) is 0.364. The maximum Gasteiger partial charge on any atom is 0.216 e. The molecular formula is C22H27N3O. The number of unbranched alkanes of at least 4 members (excludes halogenated alkanes) is 2. The molecule has 4 nitrogen and oxygen atoms in total. The molecule has 0 aliphatic rings. The maximum absolute atomic E-state index is 10.9. The Labute approximate surface area is 155 Å². The van der Waals surface area contributed by atoms with Crippen LogP contribution in [-0.4, -0.2) is 22.0 Å². The number of carbonyl (C=O) groups is 1. The quantitative estimate of drug-likeness (QED) is 0.609. The molecule has 0 saturated heterocycles. The fourth-order valence-corrected chi connectivity index (χ4v) is 3.43. The highest BCUT2D eigenvalue weighted by atomic mass is 16.1. The Balaban J connectivity index is 1.76. The molecule has 1 amide bonds. The van der Waals surface area contributed by atoms with Gasteiger partial charge >= 0.3 is 0 Å². The number of aryl methyl sites for hydroxylation is 1. The molecular weight excluding hydrogens is 322 g/mol. The van der Waals surface area contributed by atoms with Gasteiger partial charge in [-0.25, -0.2) is 4.98 Å². The molecule has 0 radical (unpaired) electrons. The Morgan fingerprint density at radius 1 is 1.04 bits per heavy atom. The number of para-hydroxylation sites is 2. The van der Waals surface area contributed by atoms with E-state index in [1.165, 1.54) is 11.1 Å². The predicted molar refractivity (Wildman–Crippen MR) is 106 cm³/mol. The molecule has 4 heteroatoms. The lowest BCUT2D eigenvalue weighted by Gasteiger charge is -2.18. The van der Waals surface area contributed by atoms with Crippen molar-refractivity contribution in [1.29, 1.82) is 0 Å². The van der Waals surface area contributed by atoms with Crippen LogP contribution in [0.5, 0.6) is 0 Å². The van der Waals surface area contributed by atoms with Gasteiger partial charge in [-0.1, -0.05) is 48.9 Å². The first-order valence-electron chi connectivity index (χ1n) is 9.42. The molecule has 0 aliphatic carbocycles. The van der Waals surface area contributed by atoms with Gasteiger partial charge in [-0.05, 0) is 37.5 Å². The molecule has 136 valence electrons. The summed E-state index contributed by atoms with van der Waals surface area (Å²) in [6.07, 6.45) is 4.12. The van der Waals surface area contributed by atoms with E-state index in [4.69, 9.17) is 4.98 Å². The number of imidazole rings is 1. The minimum atomic E-state index is 0.0449. The number of amides is 1. The van der Waals surface area contributed by atoms with Crippen LogP contribution in [0.2, 0.25) is 0 Å². The molecule has 1 aromatic heterocycles. The lowest BCUT2D eigenvalue weighted by atomic mass is 10.1. The van der Waals surface area contributed by atoms with Crippen molar-refractivity contribution >= 4 is 16.9 Å². The zero-order chi connectivity index (χ0) is 18.4. The largest absolute Gasteiger partial charge is 0.356 e. The van der Waals surface area contributed by atoms with E-state index in [0.29, 0.717) is 0 Å². The van der Waals surface area contributed by atoms with Crippen molar-refractivity contribution in [1.82, 2.24) is 14.9 Å². The van der Waals surface area contributed by atoms with Crippen LogP contribution in [0.3, 0.4) is 0 Å². The highest BCUT2D eigenvalue weighted by Crippen LogP contribution is 2.26. The van der Waals surface area contributed by atoms with Crippen LogP contribution < -0.4 is 5.32 Å². The van der Waals surface area contributed by atoms with Gasteiger partial charge in [0.05, 0.1) is 17.1 Å². The standard InChI is InChI=1S/C22H27N3O/c1-17(19-11-5-3-6-12-19)25-21-14-9-8-13-20(21)24-22(25)15-7-4-10-16-23-18(2)26/h3,5-6,8-9,11-14,17H,4,7,10,15-16H2,1-2H3,(H,23,26)/t17-/m0/s1. The Morgan fingerprint density at radius 3 is 2.54 bits per heavy atom. The summed E-state index contributed by atoms with van der Waals surface area (Å²) in [6, 6.07) is 19.2. The number of fused-ring (bicyclic) bond motifs is 1. The second kappa shape index (κ2) is 8.65. The van der Waals surface area contributed by atoms with Crippen LogP contribution in [0.15, 0.2) is 54.6 Å². The fourth-order valence-electron chi connectivity index (χ4n) is 3.43. The van der Waals surface area contributed by atoms with Crippen LogP contribution in [-0.2, 0) is 11.2 Å². The van der Waals surface area contributed by atoms with E-state index < -0.39 is 0 Å². The summed E-state index contributed by atoms with van der Waals surface area (Å²) in [7, 11) is 0. The Hall–Kier alpha value is -2.62. The minimum Gasteiger partial charge on any atom is -0.356 e. The number of hydrogen-bond donors (Lipinski definition) is 1. The number of carbonyl (C=O) groups excluding carboxylic acids is 1. The van der Waals surface area contributed by atoms with Crippen molar-refractivity contribution in [2.45, 2.75) is 45.6 Å². The van der Waals surface area contributed by atoms with Crippen molar-refractivity contribution in [2.75, 3.05) is 6.54 Å². The van der Waals surface area contributed by atoms with Crippen molar-refractivity contribution in [3.05, 3.63) is 66.0 Å². The van der Waals surface area contributed by atoms with Gasteiger partial charge in [-0.2, -0.15) is 0 Å². The summed E-state index contributed by atoms with van der Waals surface area (Å²) in [6.45, 7) is 4.56. The summed E-state index contributed by atoms with van der Waals surface area (Å²) in [5.74, 6) is 1.19. The molecule has 0 bridgehead atoms. The molecule has 3 rings (SSSR count). The number of benzene rings is 2. The summed E-state index contributed by atoms with van der Waals surface area (Å²) < 4.78 is 2.37. The number of rotatable bonds is 8. The average molecular weight is 349 g/mol. The van der Waals surface area contributed by atoms with E-state index in [1.54, 1.807) is 6.92 Å². The zero-order valence-electron chi connectivity index (χ0n) is 15.6. The Bertz CT molecular complexity index is 854. The molecule has 0 saturated carbocycles. The van der Waals surface area contributed by atoms with Crippen molar-refractivity contribution in [2.24, 2.45) is 0 Å². The van der Waals surface area contributed by atoms with Gasteiger partial charge < -0.3 is 9.88 Å². The van der Waals surface area contributed by atoms with Crippen LogP contribution in [0.4, 0.5) is 0 Å². The number of hydrogen-bond acceptors (Lipinski definition) is 2. The number of aromatic nitrogens is 2. The normalized spacial score (nSPS) is 12.2. The first-order chi connectivity index (χ1) is 12.7. The third-order valence-corrected chi connectivity index (χ3v) is 4.79. The molecule has 1 heterocycles. The topological polar surface area (TPSA) is 46.9 Å². The molecule has 3 aromatic rings. The van der Waals surface area contributed by atoms with Gasteiger partial charge in [-0.3, -0.25) is 4.79 Å². The monoisotopic (exact) mass is 349 g/mol. The molecule has 1 N–H and O–H groups in total. The predicted octanol–water partition coefficient (Wildman–Crippen LogP) is 4.49.